The fourth-order valence-corrected chi connectivity index (χ4v) is 2.22. The van der Waals surface area contributed by atoms with Gasteiger partial charge >= 0.3 is 0 Å². The van der Waals surface area contributed by atoms with Crippen LogP contribution in [0.3, 0.4) is 0 Å². The van der Waals surface area contributed by atoms with E-state index in [1.165, 1.54) is 25.9 Å². The molecule has 0 aliphatic rings. The predicted octanol–water partition coefficient (Wildman–Crippen LogP) is 4.32. The third-order valence-electron chi connectivity index (χ3n) is 3.24. The second kappa shape index (κ2) is 7.70. The van der Waals surface area contributed by atoms with Gasteiger partial charge in [0.25, 0.3) is 0 Å². The van der Waals surface area contributed by atoms with Crippen molar-refractivity contribution in [3.05, 3.63) is 58.6 Å². The number of amides is 1. The molecule has 0 aliphatic heterocycles. The van der Waals surface area contributed by atoms with Crippen LogP contribution in [0.25, 0.3) is 6.08 Å². The van der Waals surface area contributed by atoms with Crippen LogP contribution in [0, 0.1) is 6.92 Å². The molecule has 0 radical (unpaired) electrons. The van der Waals surface area contributed by atoms with Crippen LogP contribution in [-0.4, -0.2) is 20.1 Å². The molecule has 0 saturated heterocycles. The summed E-state index contributed by atoms with van der Waals surface area (Å²) in [7, 11) is 3.03. The fraction of sp³-hybridized carbons (Fsp3) is 0.167. The highest BCUT2D eigenvalue weighted by molar-refractivity contribution is 6.32. The Labute approximate surface area is 140 Å². The number of methoxy groups -OCH3 is 2. The van der Waals surface area contributed by atoms with Crippen LogP contribution in [0.5, 0.6) is 11.5 Å². The number of nitrogens with one attached hydrogen (secondary N) is 1. The molecule has 120 valence electrons. The van der Waals surface area contributed by atoms with Crippen LogP contribution in [0.15, 0.2) is 42.5 Å². The average molecular weight is 332 g/mol. The Morgan fingerprint density at radius 2 is 1.74 bits per heavy atom. The van der Waals surface area contributed by atoms with E-state index >= 15 is 0 Å². The van der Waals surface area contributed by atoms with Crippen LogP contribution in [0.2, 0.25) is 5.02 Å². The summed E-state index contributed by atoms with van der Waals surface area (Å²) in [5.41, 5.74) is 2.60. The zero-order valence-electron chi connectivity index (χ0n) is 13.2. The normalized spacial score (nSPS) is 10.6. The Balaban J connectivity index is 2.13. The Morgan fingerprint density at radius 1 is 1.09 bits per heavy atom. The molecule has 0 saturated carbocycles. The maximum absolute atomic E-state index is 12.1. The lowest BCUT2D eigenvalue weighted by atomic mass is 10.1. The van der Waals surface area contributed by atoms with Crippen molar-refractivity contribution < 1.29 is 14.3 Å². The first-order valence-electron chi connectivity index (χ1n) is 7.00. The lowest BCUT2D eigenvalue weighted by Gasteiger charge is -2.12. The zero-order chi connectivity index (χ0) is 16.8. The fourth-order valence-electron chi connectivity index (χ4n) is 1.98. The number of anilines is 1. The number of hydrogen-bond donors (Lipinski definition) is 1. The van der Waals surface area contributed by atoms with Crippen molar-refractivity contribution >= 4 is 29.3 Å². The highest BCUT2D eigenvalue weighted by atomic mass is 35.5. The molecule has 1 N–H and O–H groups in total. The third kappa shape index (κ3) is 4.50. The highest BCUT2D eigenvalue weighted by Gasteiger charge is 2.11. The van der Waals surface area contributed by atoms with Crippen molar-refractivity contribution in [3.63, 3.8) is 0 Å². The minimum Gasteiger partial charge on any atom is -0.495 e. The van der Waals surface area contributed by atoms with Crippen molar-refractivity contribution in [2.45, 2.75) is 6.92 Å². The van der Waals surface area contributed by atoms with Crippen molar-refractivity contribution in [1.82, 2.24) is 0 Å². The molecule has 2 rings (SSSR count). The molecule has 0 unspecified atom stereocenters. The molecular formula is C18H18ClNO3. The number of ether oxygens (including phenoxy) is 2. The van der Waals surface area contributed by atoms with Gasteiger partial charge in [0.1, 0.15) is 11.5 Å². The lowest BCUT2D eigenvalue weighted by molar-refractivity contribution is -0.111. The molecule has 4 nitrogen and oxygen atoms in total. The second-order valence-corrected chi connectivity index (χ2v) is 5.33. The standard InChI is InChI=1S/C18H18ClNO3/c1-12-4-6-13(7-5-12)8-9-18(21)20-15-10-14(19)16(22-2)11-17(15)23-3/h4-11H,1-3H3,(H,20,21)/b9-8+. The van der Waals surface area contributed by atoms with Crippen LogP contribution in [0.4, 0.5) is 5.69 Å². The summed E-state index contributed by atoms with van der Waals surface area (Å²) in [6.45, 7) is 2.01. The molecule has 23 heavy (non-hydrogen) atoms. The number of aryl methyl sites for hydroxylation is 1. The third-order valence-corrected chi connectivity index (χ3v) is 3.53. The molecule has 0 fully saturated rings. The summed E-state index contributed by atoms with van der Waals surface area (Å²) in [5.74, 6) is 0.685. The number of hydrogen-bond acceptors (Lipinski definition) is 3. The molecule has 1 amide bonds. The van der Waals surface area contributed by atoms with Gasteiger partial charge in [0.15, 0.2) is 0 Å². The Kier molecular flexibility index (Phi) is 5.66. The number of carbonyl (C=O) groups is 1. The Bertz CT molecular complexity index is 724. The molecule has 5 heteroatoms. The van der Waals surface area contributed by atoms with Gasteiger partial charge in [-0.2, -0.15) is 0 Å². The molecular weight excluding hydrogens is 314 g/mol. The van der Waals surface area contributed by atoms with E-state index < -0.39 is 0 Å². The summed E-state index contributed by atoms with van der Waals surface area (Å²) < 4.78 is 10.4. The summed E-state index contributed by atoms with van der Waals surface area (Å²) >= 11 is 6.08. The first kappa shape index (κ1) is 16.9. The Hall–Kier alpha value is -2.46. The van der Waals surface area contributed by atoms with E-state index in [2.05, 4.69) is 5.32 Å². The van der Waals surface area contributed by atoms with Gasteiger partial charge in [0, 0.05) is 12.1 Å². The molecule has 0 spiro atoms. The van der Waals surface area contributed by atoms with Crippen molar-refractivity contribution in [2.24, 2.45) is 0 Å². The molecule has 2 aromatic carbocycles. The second-order valence-electron chi connectivity index (χ2n) is 4.92. The molecule has 0 bridgehead atoms. The first-order chi connectivity index (χ1) is 11.0. The van der Waals surface area contributed by atoms with Gasteiger partial charge in [-0.1, -0.05) is 41.4 Å². The SMILES string of the molecule is COc1cc(OC)c(NC(=O)/C=C/c2ccc(C)cc2)cc1Cl. The van der Waals surface area contributed by atoms with E-state index in [0.717, 1.165) is 5.56 Å². The summed E-state index contributed by atoms with van der Waals surface area (Å²) in [6, 6.07) is 11.1. The summed E-state index contributed by atoms with van der Waals surface area (Å²) in [6.07, 6.45) is 3.20. The van der Waals surface area contributed by atoms with E-state index in [1.807, 2.05) is 31.2 Å². The number of halogens is 1. The van der Waals surface area contributed by atoms with Gasteiger partial charge in [0.05, 0.1) is 24.9 Å². The van der Waals surface area contributed by atoms with Gasteiger partial charge in [-0.05, 0) is 24.6 Å². The number of rotatable bonds is 5. The number of benzene rings is 2. The minimum atomic E-state index is -0.273. The Morgan fingerprint density at radius 3 is 2.35 bits per heavy atom. The van der Waals surface area contributed by atoms with E-state index in [4.69, 9.17) is 21.1 Å². The van der Waals surface area contributed by atoms with E-state index in [9.17, 15) is 4.79 Å². The van der Waals surface area contributed by atoms with Crippen LogP contribution < -0.4 is 14.8 Å². The van der Waals surface area contributed by atoms with Crippen LogP contribution in [-0.2, 0) is 4.79 Å². The first-order valence-corrected chi connectivity index (χ1v) is 7.38. The van der Waals surface area contributed by atoms with Gasteiger partial charge in [-0.15, -0.1) is 0 Å². The van der Waals surface area contributed by atoms with Gasteiger partial charge in [-0.3, -0.25) is 4.79 Å². The van der Waals surface area contributed by atoms with Gasteiger partial charge in [0.2, 0.25) is 5.91 Å². The van der Waals surface area contributed by atoms with E-state index in [1.54, 1.807) is 18.2 Å². The summed E-state index contributed by atoms with van der Waals surface area (Å²) in [4.78, 5) is 12.1. The predicted molar refractivity (Wildman–Crippen MR) is 93.4 cm³/mol. The van der Waals surface area contributed by atoms with Crippen LogP contribution >= 0.6 is 11.6 Å². The zero-order valence-corrected chi connectivity index (χ0v) is 14.0. The molecule has 0 aliphatic carbocycles. The topological polar surface area (TPSA) is 47.6 Å². The smallest absolute Gasteiger partial charge is 0.248 e. The van der Waals surface area contributed by atoms with Crippen molar-refractivity contribution in [1.29, 1.82) is 0 Å². The van der Waals surface area contributed by atoms with E-state index in [0.29, 0.717) is 22.2 Å². The minimum absolute atomic E-state index is 0.273. The van der Waals surface area contributed by atoms with Crippen molar-refractivity contribution in [3.8, 4) is 11.5 Å². The molecule has 0 atom stereocenters. The lowest BCUT2D eigenvalue weighted by Crippen LogP contribution is -2.09. The molecule has 0 aromatic heterocycles. The monoisotopic (exact) mass is 331 g/mol. The largest absolute Gasteiger partial charge is 0.495 e. The average Bonchev–Trinajstić information content (AvgIpc) is 2.54. The highest BCUT2D eigenvalue weighted by Crippen LogP contribution is 2.35. The van der Waals surface area contributed by atoms with Crippen LogP contribution in [0.1, 0.15) is 11.1 Å². The maximum atomic E-state index is 12.1. The van der Waals surface area contributed by atoms with Crippen molar-refractivity contribution in [2.75, 3.05) is 19.5 Å². The maximum Gasteiger partial charge on any atom is 0.248 e. The number of carbonyl (C=O) groups excluding carboxylic acids is 1. The quantitative estimate of drug-likeness (QED) is 0.830. The van der Waals surface area contributed by atoms with E-state index in [-0.39, 0.29) is 5.91 Å². The van der Waals surface area contributed by atoms with Gasteiger partial charge < -0.3 is 14.8 Å². The molecule has 2 aromatic rings. The van der Waals surface area contributed by atoms with Gasteiger partial charge in [-0.25, -0.2) is 0 Å². The molecule has 0 heterocycles. The summed E-state index contributed by atoms with van der Waals surface area (Å²) in [5, 5.41) is 3.14.